The second-order valence-corrected chi connectivity index (χ2v) is 4.31. The van der Waals surface area contributed by atoms with E-state index in [2.05, 4.69) is 0 Å². The van der Waals surface area contributed by atoms with Crippen molar-refractivity contribution in [3.05, 3.63) is 11.6 Å². The molecule has 0 aromatic carbocycles. The summed E-state index contributed by atoms with van der Waals surface area (Å²) in [5, 5.41) is -1.06. The van der Waals surface area contributed by atoms with Gasteiger partial charge in [0.2, 0.25) is 5.91 Å². The minimum Gasteiger partial charge on any atom is -0.366 e. The molecule has 0 bridgehead atoms. The van der Waals surface area contributed by atoms with Gasteiger partial charge in [0.1, 0.15) is 5.25 Å². The molecule has 0 spiro atoms. The molecule has 0 radical (unpaired) electrons. The van der Waals surface area contributed by atoms with Gasteiger partial charge in [0, 0.05) is 5.57 Å². The number of hydrogen-bond acceptors (Lipinski definition) is 3. The first-order valence-corrected chi connectivity index (χ1v) is 5.23. The molecular formula is C7H13NO4S. The summed E-state index contributed by atoms with van der Waals surface area (Å²) in [5.74, 6) is -0.692. The standard InChI is InChI=1S/C7H13NO4S/c1-3-6(13(10,11)12)4-5(2)7(8)9/h4,6H,3H2,1-2H3,(H2,8,9)(H,10,11,12)/b5-4+. The highest BCUT2D eigenvalue weighted by Crippen LogP contribution is 2.08. The van der Waals surface area contributed by atoms with E-state index < -0.39 is 21.3 Å². The maximum absolute atomic E-state index is 10.7. The first-order chi connectivity index (χ1) is 5.79. The fourth-order valence-corrected chi connectivity index (χ4v) is 1.57. The highest BCUT2D eigenvalue weighted by Gasteiger charge is 2.18. The van der Waals surface area contributed by atoms with E-state index in [0.29, 0.717) is 0 Å². The molecule has 3 N–H and O–H groups in total. The second kappa shape index (κ2) is 4.38. The van der Waals surface area contributed by atoms with E-state index in [-0.39, 0.29) is 12.0 Å². The summed E-state index contributed by atoms with van der Waals surface area (Å²) in [6, 6.07) is 0. The van der Waals surface area contributed by atoms with Crippen LogP contribution in [-0.2, 0) is 14.9 Å². The number of nitrogens with two attached hydrogens (primary N) is 1. The van der Waals surface area contributed by atoms with Crippen molar-refractivity contribution in [1.82, 2.24) is 0 Å². The molecule has 76 valence electrons. The summed E-state index contributed by atoms with van der Waals surface area (Å²) < 4.78 is 30.0. The van der Waals surface area contributed by atoms with Gasteiger partial charge < -0.3 is 5.73 Å². The molecule has 1 unspecified atom stereocenters. The molecule has 0 fully saturated rings. The van der Waals surface area contributed by atoms with E-state index >= 15 is 0 Å². The molecule has 0 aliphatic heterocycles. The lowest BCUT2D eigenvalue weighted by atomic mass is 10.2. The normalized spacial score (nSPS) is 15.5. The summed E-state index contributed by atoms with van der Waals surface area (Å²) in [6.45, 7) is 2.99. The molecule has 6 heteroatoms. The minimum absolute atomic E-state index is 0.129. The Balaban J connectivity index is 4.85. The van der Waals surface area contributed by atoms with Crippen LogP contribution < -0.4 is 5.73 Å². The number of carbonyl (C=O) groups is 1. The van der Waals surface area contributed by atoms with Crippen LogP contribution in [-0.4, -0.2) is 24.1 Å². The van der Waals surface area contributed by atoms with E-state index in [9.17, 15) is 13.2 Å². The van der Waals surface area contributed by atoms with Crippen molar-refractivity contribution in [2.75, 3.05) is 0 Å². The minimum atomic E-state index is -4.13. The molecule has 0 aromatic rings. The van der Waals surface area contributed by atoms with Crippen molar-refractivity contribution in [3.8, 4) is 0 Å². The third-order valence-electron chi connectivity index (χ3n) is 1.61. The molecule has 0 saturated carbocycles. The van der Waals surface area contributed by atoms with Crippen molar-refractivity contribution in [2.45, 2.75) is 25.5 Å². The summed E-state index contributed by atoms with van der Waals surface area (Å²) in [6.07, 6.45) is 1.35. The fourth-order valence-electron chi connectivity index (χ4n) is 0.775. The van der Waals surface area contributed by atoms with Gasteiger partial charge in [0.25, 0.3) is 10.1 Å². The summed E-state index contributed by atoms with van der Waals surface area (Å²) in [4.78, 5) is 10.6. The Hall–Kier alpha value is -0.880. The van der Waals surface area contributed by atoms with Crippen LogP contribution in [0.1, 0.15) is 20.3 Å². The summed E-state index contributed by atoms with van der Waals surface area (Å²) in [5.41, 5.74) is 5.03. The van der Waals surface area contributed by atoms with Gasteiger partial charge in [0.05, 0.1) is 0 Å². The lowest BCUT2D eigenvalue weighted by Gasteiger charge is -2.06. The third-order valence-corrected chi connectivity index (χ3v) is 2.84. The van der Waals surface area contributed by atoms with Gasteiger partial charge in [0.15, 0.2) is 0 Å². The Bertz CT molecular complexity index is 317. The van der Waals surface area contributed by atoms with Gasteiger partial charge in [-0.3, -0.25) is 9.35 Å². The van der Waals surface area contributed by atoms with Crippen molar-refractivity contribution >= 4 is 16.0 Å². The van der Waals surface area contributed by atoms with Gasteiger partial charge >= 0.3 is 0 Å². The summed E-state index contributed by atoms with van der Waals surface area (Å²) >= 11 is 0. The highest BCUT2D eigenvalue weighted by molar-refractivity contribution is 7.86. The zero-order chi connectivity index (χ0) is 10.6. The van der Waals surface area contributed by atoms with Gasteiger partial charge in [-0.05, 0) is 13.3 Å². The number of carbonyl (C=O) groups excluding carboxylic acids is 1. The Labute approximate surface area is 77.4 Å². The zero-order valence-corrected chi connectivity index (χ0v) is 8.34. The Morgan fingerprint density at radius 2 is 2.08 bits per heavy atom. The number of hydrogen-bond donors (Lipinski definition) is 2. The largest absolute Gasteiger partial charge is 0.366 e. The molecule has 0 aliphatic rings. The first-order valence-electron chi connectivity index (χ1n) is 3.73. The number of rotatable bonds is 4. The van der Waals surface area contributed by atoms with Gasteiger partial charge in [-0.1, -0.05) is 13.0 Å². The van der Waals surface area contributed by atoms with Crippen LogP contribution in [0, 0.1) is 0 Å². The van der Waals surface area contributed by atoms with Gasteiger partial charge in [-0.2, -0.15) is 8.42 Å². The van der Waals surface area contributed by atoms with Crippen LogP contribution in [0.15, 0.2) is 11.6 Å². The van der Waals surface area contributed by atoms with Crippen LogP contribution in [0.25, 0.3) is 0 Å². The SMILES string of the molecule is CCC(/C=C(\C)C(N)=O)S(=O)(=O)O. The molecule has 0 heterocycles. The molecule has 0 saturated heterocycles. The van der Waals surface area contributed by atoms with Crippen LogP contribution in [0.3, 0.4) is 0 Å². The topological polar surface area (TPSA) is 97.5 Å². The van der Waals surface area contributed by atoms with Crippen LogP contribution >= 0.6 is 0 Å². The molecule has 0 aromatic heterocycles. The Kier molecular flexibility index (Phi) is 4.09. The van der Waals surface area contributed by atoms with E-state index in [0.717, 1.165) is 6.08 Å². The fraction of sp³-hybridized carbons (Fsp3) is 0.571. The predicted molar refractivity (Wildman–Crippen MR) is 48.6 cm³/mol. The lowest BCUT2D eigenvalue weighted by Crippen LogP contribution is -2.20. The van der Waals surface area contributed by atoms with Crippen LogP contribution in [0.4, 0.5) is 0 Å². The van der Waals surface area contributed by atoms with E-state index in [1.165, 1.54) is 6.92 Å². The number of primary amides is 1. The van der Waals surface area contributed by atoms with Crippen molar-refractivity contribution in [1.29, 1.82) is 0 Å². The van der Waals surface area contributed by atoms with E-state index in [1.54, 1.807) is 6.92 Å². The number of amides is 1. The maximum atomic E-state index is 10.7. The molecule has 0 aliphatic carbocycles. The smallest absolute Gasteiger partial charge is 0.271 e. The Morgan fingerprint density at radius 3 is 2.31 bits per heavy atom. The van der Waals surface area contributed by atoms with Crippen LogP contribution in [0.2, 0.25) is 0 Å². The average molecular weight is 207 g/mol. The second-order valence-electron chi connectivity index (χ2n) is 2.68. The maximum Gasteiger partial charge on any atom is 0.271 e. The quantitative estimate of drug-likeness (QED) is 0.504. The third kappa shape index (κ3) is 4.05. The molecule has 1 amide bonds. The molecule has 13 heavy (non-hydrogen) atoms. The lowest BCUT2D eigenvalue weighted by molar-refractivity contribution is -0.114. The predicted octanol–water partition coefficient (Wildman–Crippen LogP) is 0.0844. The molecule has 5 nitrogen and oxygen atoms in total. The van der Waals surface area contributed by atoms with Gasteiger partial charge in [-0.25, -0.2) is 0 Å². The van der Waals surface area contributed by atoms with Crippen molar-refractivity contribution in [2.24, 2.45) is 5.73 Å². The molecule has 0 rings (SSSR count). The summed E-state index contributed by atoms with van der Waals surface area (Å²) in [7, 11) is -4.13. The molecule has 1 atom stereocenters. The molecular weight excluding hydrogens is 194 g/mol. The van der Waals surface area contributed by atoms with E-state index in [4.69, 9.17) is 10.3 Å². The average Bonchev–Trinajstić information content (AvgIpc) is 1.96. The van der Waals surface area contributed by atoms with Crippen molar-refractivity contribution < 1.29 is 17.8 Å². The van der Waals surface area contributed by atoms with E-state index in [1.807, 2.05) is 0 Å². The first kappa shape index (κ1) is 12.1. The monoisotopic (exact) mass is 207 g/mol. The highest BCUT2D eigenvalue weighted by atomic mass is 32.2. The van der Waals surface area contributed by atoms with Crippen LogP contribution in [0.5, 0.6) is 0 Å². The van der Waals surface area contributed by atoms with Gasteiger partial charge in [-0.15, -0.1) is 0 Å². The zero-order valence-electron chi connectivity index (χ0n) is 7.52. The Morgan fingerprint density at radius 1 is 1.62 bits per heavy atom. The van der Waals surface area contributed by atoms with Crippen molar-refractivity contribution in [3.63, 3.8) is 0 Å².